The van der Waals surface area contributed by atoms with Gasteiger partial charge in [0.25, 0.3) is 0 Å². The second-order valence-electron chi connectivity index (χ2n) is 4.33. The van der Waals surface area contributed by atoms with Crippen LogP contribution in [0.4, 0.5) is 0 Å². The van der Waals surface area contributed by atoms with Crippen LogP contribution < -0.4 is 9.47 Å². The van der Waals surface area contributed by atoms with Gasteiger partial charge in [0.2, 0.25) is 0 Å². The van der Waals surface area contributed by atoms with Gasteiger partial charge < -0.3 is 19.7 Å². The number of carbonyl (C=O) groups is 1. The van der Waals surface area contributed by atoms with Crippen LogP contribution in [-0.4, -0.2) is 29.9 Å². The molecule has 1 rings (SSSR count). The molecule has 0 unspecified atom stereocenters. The average molecular weight is 394 g/mol. The van der Waals surface area contributed by atoms with Gasteiger partial charge in [-0.1, -0.05) is 6.92 Å². The molecule has 0 spiro atoms. The summed E-state index contributed by atoms with van der Waals surface area (Å²) in [5.74, 6) is 0.285. The molecule has 0 fully saturated rings. The molecular weight excluding hydrogens is 375 g/mol. The van der Waals surface area contributed by atoms with Crippen molar-refractivity contribution >= 4 is 28.6 Å². The van der Waals surface area contributed by atoms with Gasteiger partial charge in [-0.15, -0.1) is 0 Å². The van der Waals surface area contributed by atoms with Crippen molar-refractivity contribution in [3.63, 3.8) is 0 Å². The molecule has 0 radical (unpaired) electrons. The molecule has 0 aliphatic rings. The van der Waals surface area contributed by atoms with E-state index in [0.717, 1.165) is 9.99 Å². The zero-order chi connectivity index (χ0) is 15.1. The first-order valence-electron chi connectivity index (χ1n) is 6.39. The molecule has 0 aliphatic heterocycles. The van der Waals surface area contributed by atoms with Gasteiger partial charge >= 0.3 is 5.97 Å². The monoisotopic (exact) mass is 394 g/mol. The molecule has 1 aromatic carbocycles. The molecule has 0 aliphatic carbocycles. The molecule has 20 heavy (non-hydrogen) atoms. The molecule has 112 valence electrons. The Morgan fingerprint density at radius 1 is 1.45 bits per heavy atom. The van der Waals surface area contributed by atoms with Crippen LogP contribution in [0.5, 0.6) is 11.5 Å². The Hall–Kier alpha value is -1.02. The Labute approximate surface area is 132 Å². The van der Waals surface area contributed by atoms with Crippen molar-refractivity contribution in [2.24, 2.45) is 0 Å². The number of carboxylic acids is 1. The zero-order valence-electron chi connectivity index (χ0n) is 11.6. The first-order chi connectivity index (χ1) is 9.49. The number of aliphatic hydroxyl groups excluding tert-OH is 1. The molecule has 0 aromatic heterocycles. The van der Waals surface area contributed by atoms with Gasteiger partial charge in [0.1, 0.15) is 0 Å². The summed E-state index contributed by atoms with van der Waals surface area (Å²) in [4.78, 5) is 10.5. The predicted molar refractivity (Wildman–Crippen MR) is 83.3 cm³/mol. The number of ether oxygens (including phenoxy) is 2. The summed E-state index contributed by atoms with van der Waals surface area (Å²) >= 11 is 2.12. The maximum Gasteiger partial charge on any atom is 0.303 e. The van der Waals surface area contributed by atoms with Crippen molar-refractivity contribution in [3.05, 3.63) is 21.3 Å². The Bertz CT molecular complexity index is 461. The molecule has 0 heterocycles. The van der Waals surface area contributed by atoms with Crippen molar-refractivity contribution in [1.82, 2.24) is 0 Å². The third kappa shape index (κ3) is 4.82. The highest BCUT2D eigenvalue weighted by Crippen LogP contribution is 2.36. The van der Waals surface area contributed by atoms with Crippen LogP contribution in [0.3, 0.4) is 0 Å². The third-order valence-corrected chi connectivity index (χ3v) is 3.52. The van der Waals surface area contributed by atoms with Crippen LogP contribution >= 0.6 is 22.6 Å². The highest BCUT2D eigenvalue weighted by atomic mass is 127. The van der Waals surface area contributed by atoms with Crippen molar-refractivity contribution < 1.29 is 24.5 Å². The Balaban J connectivity index is 2.94. The summed E-state index contributed by atoms with van der Waals surface area (Å²) in [6, 6.07) is 3.49. The molecule has 2 N–H and O–H groups in total. The standard InChI is InChI=1S/C14H19IO5/c1-3-6-20-14-10(15)7-9(8-12(14)19-2)11(16)4-5-13(17)18/h7-8,11,16H,3-6H2,1-2H3,(H,17,18)/t11-/m0/s1. The molecule has 0 bridgehead atoms. The van der Waals surface area contributed by atoms with E-state index in [1.54, 1.807) is 12.1 Å². The van der Waals surface area contributed by atoms with Crippen LogP contribution in [0.1, 0.15) is 37.9 Å². The minimum Gasteiger partial charge on any atom is -0.493 e. The van der Waals surface area contributed by atoms with Gasteiger partial charge in [0, 0.05) is 6.42 Å². The lowest BCUT2D eigenvalue weighted by Gasteiger charge is -2.16. The summed E-state index contributed by atoms with van der Waals surface area (Å²) in [6.07, 6.45) is 0.161. The lowest BCUT2D eigenvalue weighted by molar-refractivity contribution is -0.137. The number of halogens is 1. The van der Waals surface area contributed by atoms with E-state index < -0.39 is 12.1 Å². The Morgan fingerprint density at radius 2 is 2.15 bits per heavy atom. The van der Waals surface area contributed by atoms with E-state index in [1.165, 1.54) is 7.11 Å². The van der Waals surface area contributed by atoms with Crippen LogP contribution in [0.25, 0.3) is 0 Å². The first kappa shape index (κ1) is 17.0. The quantitative estimate of drug-likeness (QED) is 0.664. The van der Waals surface area contributed by atoms with E-state index in [2.05, 4.69) is 22.6 Å². The summed E-state index contributed by atoms with van der Waals surface area (Å²) in [7, 11) is 1.54. The van der Waals surface area contributed by atoms with E-state index in [1.807, 2.05) is 6.92 Å². The molecule has 0 amide bonds. The van der Waals surface area contributed by atoms with Crippen molar-refractivity contribution in [1.29, 1.82) is 0 Å². The predicted octanol–water partition coefficient (Wildman–Crippen LogP) is 2.99. The molecule has 6 heteroatoms. The minimum absolute atomic E-state index is 0.0753. The van der Waals surface area contributed by atoms with Crippen LogP contribution in [0, 0.1) is 3.57 Å². The lowest BCUT2D eigenvalue weighted by atomic mass is 10.0. The van der Waals surface area contributed by atoms with Gasteiger partial charge in [-0.3, -0.25) is 4.79 Å². The summed E-state index contributed by atoms with van der Waals surface area (Å²) in [5.41, 5.74) is 0.636. The summed E-state index contributed by atoms with van der Waals surface area (Å²) in [5, 5.41) is 18.7. The Kier molecular flexibility index (Phi) is 7.08. The fourth-order valence-electron chi connectivity index (χ4n) is 1.70. The molecule has 5 nitrogen and oxygen atoms in total. The highest BCUT2D eigenvalue weighted by Gasteiger charge is 2.16. The van der Waals surface area contributed by atoms with E-state index in [0.29, 0.717) is 23.7 Å². The number of hydrogen-bond acceptors (Lipinski definition) is 4. The number of methoxy groups -OCH3 is 1. The number of carboxylic acid groups (broad SMARTS) is 1. The topological polar surface area (TPSA) is 76.0 Å². The summed E-state index contributed by atoms with van der Waals surface area (Å²) < 4.78 is 11.7. The fraction of sp³-hybridized carbons (Fsp3) is 0.500. The van der Waals surface area contributed by atoms with E-state index in [9.17, 15) is 9.90 Å². The van der Waals surface area contributed by atoms with E-state index in [-0.39, 0.29) is 12.8 Å². The normalized spacial score (nSPS) is 12.0. The number of rotatable bonds is 8. The van der Waals surface area contributed by atoms with Crippen LogP contribution in [-0.2, 0) is 4.79 Å². The fourth-order valence-corrected chi connectivity index (χ4v) is 2.48. The van der Waals surface area contributed by atoms with Gasteiger partial charge in [0.15, 0.2) is 11.5 Å². The largest absolute Gasteiger partial charge is 0.493 e. The smallest absolute Gasteiger partial charge is 0.303 e. The number of benzene rings is 1. The van der Waals surface area contributed by atoms with Crippen LogP contribution in [0.15, 0.2) is 12.1 Å². The second kappa shape index (κ2) is 8.31. The highest BCUT2D eigenvalue weighted by molar-refractivity contribution is 14.1. The van der Waals surface area contributed by atoms with Gasteiger partial charge in [0.05, 0.1) is 23.4 Å². The van der Waals surface area contributed by atoms with Crippen molar-refractivity contribution in [3.8, 4) is 11.5 Å². The number of hydrogen-bond donors (Lipinski definition) is 2. The molecule has 1 aromatic rings. The minimum atomic E-state index is -0.923. The average Bonchev–Trinajstić information content (AvgIpc) is 2.42. The molecular formula is C14H19IO5. The third-order valence-electron chi connectivity index (χ3n) is 2.72. The first-order valence-corrected chi connectivity index (χ1v) is 7.47. The van der Waals surface area contributed by atoms with Gasteiger partial charge in [-0.05, 0) is 53.1 Å². The van der Waals surface area contributed by atoms with Crippen LogP contribution in [0.2, 0.25) is 0 Å². The Morgan fingerprint density at radius 3 is 2.70 bits per heavy atom. The molecule has 0 saturated heterocycles. The zero-order valence-corrected chi connectivity index (χ0v) is 13.7. The summed E-state index contributed by atoms with van der Waals surface area (Å²) in [6.45, 7) is 2.61. The SMILES string of the molecule is CCCOc1c(I)cc([C@@H](O)CCC(=O)O)cc1OC. The maximum atomic E-state index is 10.5. The molecule has 1 atom stereocenters. The van der Waals surface area contributed by atoms with Gasteiger partial charge in [-0.2, -0.15) is 0 Å². The number of aliphatic hydroxyl groups is 1. The van der Waals surface area contributed by atoms with Gasteiger partial charge in [-0.25, -0.2) is 0 Å². The lowest BCUT2D eigenvalue weighted by Crippen LogP contribution is -2.05. The second-order valence-corrected chi connectivity index (χ2v) is 5.49. The maximum absolute atomic E-state index is 10.5. The number of aliphatic carboxylic acids is 1. The van der Waals surface area contributed by atoms with Crippen molar-refractivity contribution in [2.75, 3.05) is 13.7 Å². The van der Waals surface area contributed by atoms with Crippen molar-refractivity contribution in [2.45, 2.75) is 32.3 Å². The molecule has 0 saturated carbocycles. The van der Waals surface area contributed by atoms with E-state index in [4.69, 9.17) is 14.6 Å². The van der Waals surface area contributed by atoms with E-state index >= 15 is 0 Å².